The molecule has 1 atom stereocenters. The molecule has 0 fully saturated rings. The van der Waals surface area contributed by atoms with Crippen LogP contribution in [0.2, 0.25) is 5.02 Å². The lowest BCUT2D eigenvalue weighted by Gasteiger charge is -2.33. The summed E-state index contributed by atoms with van der Waals surface area (Å²) in [6.07, 6.45) is 2.16. The lowest BCUT2D eigenvalue weighted by molar-refractivity contribution is -0.116. The number of hydrogen-bond acceptors (Lipinski definition) is 6. The summed E-state index contributed by atoms with van der Waals surface area (Å²) in [6.45, 7) is 0. The molecule has 0 unspecified atom stereocenters. The number of nitrogens with two attached hydrogens (primary N) is 2. The first-order valence-corrected chi connectivity index (χ1v) is 8.14. The van der Waals surface area contributed by atoms with E-state index in [-0.39, 0.29) is 23.5 Å². The molecule has 0 amide bonds. The van der Waals surface area contributed by atoms with Crippen LogP contribution in [0.1, 0.15) is 36.3 Å². The van der Waals surface area contributed by atoms with Crippen molar-refractivity contribution in [2.24, 2.45) is 0 Å². The summed E-state index contributed by atoms with van der Waals surface area (Å²) in [5, 5.41) is 3.88. The smallest absolute Gasteiger partial charge is 0.223 e. The monoisotopic (exact) mass is 341 g/mol. The number of rotatable bonds is 1. The van der Waals surface area contributed by atoms with Gasteiger partial charge in [-0.15, -0.1) is 0 Å². The zero-order valence-electron chi connectivity index (χ0n) is 12.8. The first-order valence-electron chi connectivity index (χ1n) is 7.76. The standard InChI is InChI=1S/C17H16ClN5O/c18-9-6-4-8(5-7-9)12-13-10(2-1-3-11(13)24)21-16-14(12)15(19)22-17(20)23-16/h4-7,12H,1-3H2,(H5,19,20,21,22,23)/t12-/m0/s1. The second-order valence-electron chi connectivity index (χ2n) is 6.01. The molecule has 1 aromatic carbocycles. The van der Waals surface area contributed by atoms with Gasteiger partial charge in [-0.25, -0.2) is 0 Å². The summed E-state index contributed by atoms with van der Waals surface area (Å²) < 4.78 is 0. The summed E-state index contributed by atoms with van der Waals surface area (Å²) in [5.74, 6) is 0.801. The highest BCUT2D eigenvalue weighted by atomic mass is 35.5. The summed E-state index contributed by atoms with van der Waals surface area (Å²) in [6, 6.07) is 7.43. The number of ketones is 1. The van der Waals surface area contributed by atoms with E-state index in [2.05, 4.69) is 15.3 Å². The van der Waals surface area contributed by atoms with Gasteiger partial charge in [-0.2, -0.15) is 9.97 Å². The van der Waals surface area contributed by atoms with Gasteiger partial charge in [-0.3, -0.25) is 4.79 Å². The SMILES string of the molecule is Nc1nc(N)c2c(n1)NC1=C(C(=O)CCC1)[C@@H]2c1ccc(Cl)cc1. The van der Waals surface area contributed by atoms with Crippen molar-refractivity contribution in [3.63, 3.8) is 0 Å². The molecular weight excluding hydrogens is 326 g/mol. The topological polar surface area (TPSA) is 107 Å². The normalized spacial score (nSPS) is 19.5. The van der Waals surface area contributed by atoms with E-state index in [9.17, 15) is 4.79 Å². The number of halogens is 1. The third-order valence-corrected chi connectivity index (χ3v) is 4.75. The summed E-state index contributed by atoms with van der Waals surface area (Å²) in [5.41, 5.74) is 15.2. The van der Waals surface area contributed by atoms with Crippen LogP contribution in [0.4, 0.5) is 17.6 Å². The van der Waals surface area contributed by atoms with Gasteiger partial charge < -0.3 is 16.8 Å². The highest BCUT2D eigenvalue weighted by molar-refractivity contribution is 6.30. The number of nitrogen functional groups attached to an aromatic ring is 2. The fraction of sp³-hybridized carbons (Fsp3) is 0.235. The van der Waals surface area contributed by atoms with Crippen LogP contribution in [-0.2, 0) is 4.79 Å². The summed E-state index contributed by atoms with van der Waals surface area (Å²) >= 11 is 6.01. The first kappa shape index (κ1) is 15.0. The summed E-state index contributed by atoms with van der Waals surface area (Å²) in [4.78, 5) is 21.0. The van der Waals surface area contributed by atoms with Gasteiger partial charge in [0.2, 0.25) is 5.95 Å². The average Bonchev–Trinajstić information content (AvgIpc) is 2.54. The van der Waals surface area contributed by atoms with Crippen molar-refractivity contribution in [3.05, 3.63) is 51.7 Å². The minimum atomic E-state index is -0.304. The molecule has 24 heavy (non-hydrogen) atoms. The van der Waals surface area contributed by atoms with Crippen LogP contribution in [0.25, 0.3) is 0 Å². The molecule has 6 nitrogen and oxygen atoms in total. The van der Waals surface area contributed by atoms with Crippen molar-refractivity contribution in [1.29, 1.82) is 0 Å². The fourth-order valence-corrected chi connectivity index (χ4v) is 3.61. The Balaban J connectivity index is 1.97. The molecule has 0 saturated heterocycles. The van der Waals surface area contributed by atoms with Crippen LogP contribution in [0.3, 0.4) is 0 Å². The molecule has 5 N–H and O–H groups in total. The lowest BCUT2D eigenvalue weighted by Crippen LogP contribution is -2.28. The quantitative estimate of drug-likeness (QED) is 0.736. The Kier molecular flexibility index (Phi) is 3.42. The first-order chi connectivity index (χ1) is 11.5. The average molecular weight is 342 g/mol. The number of carbonyl (C=O) groups excluding carboxylic acids is 1. The van der Waals surface area contributed by atoms with Crippen LogP contribution >= 0.6 is 11.6 Å². The highest BCUT2D eigenvalue weighted by Crippen LogP contribution is 2.46. The minimum Gasteiger partial charge on any atom is -0.383 e. The second-order valence-corrected chi connectivity index (χ2v) is 6.44. The molecule has 1 aliphatic heterocycles. The van der Waals surface area contributed by atoms with E-state index in [1.54, 1.807) is 12.1 Å². The zero-order chi connectivity index (χ0) is 16.8. The predicted molar refractivity (Wildman–Crippen MR) is 93.7 cm³/mol. The van der Waals surface area contributed by atoms with Gasteiger partial charge in [0.05, 0.1) is 0 Å². The molecule has 4 rings (SSSR count). The van der Waals surface area contributed by atoms with Crippen molar-refractivity contribution in [2.45, 2.75) is 25.2 Å². The molecule has 2 heterocycles. The lowest BCUT2D eigenvalue weighted by atomic mass is 9.76. The van der Waals surface area contributed by atoms with Crippen molar-refractivity contribution in [3.8, 4) is 0 Å². The van der Waals surface area contributed by atoms with Gasteiger partial charge in [0.25, 0.3) is 0 Å². The van der Waals surface area contributed by atoms with Gasteiger partial charge in [0, 0.05) is 34.2 Å². The maximum Gasteiger partial charge on any atom is 0.223 e. The zero-order valence-corrected chi connectivity index (χ0v) is 13.6. The number of nitrogens with one attached hydrogen (secondary N) is 1. The Hall–Kier alpha value is -2.60. The van der Waals surface area contributed by atoms with E-state index < -0.39 is 0 Å². The molecule has 0 saturated carbocycles. The maximum absolute atomic E-state index is 12.6. The molecule has 7 heteroatoms. The summed E-state index contributed by atoms with van der Waals surface area (Å²) in [7, 11) is 0. The molecule has 0 bridgehead atoms. The Bertz CT molecular complexity index is 875. The number of hydrogen-bond donors (Lipinski definition) is 3. The largest absolute Gasteiger partial charge is 0.383 e. The Labute approximate surface area is 143 Å². The molecule has 0 spiro atoms. The number of carbonyl (C=O) groups is 1. The Morgan fingerprint density at radius 3 is 2.62 bits per heavy atom. The van der Waals surface area contributed by atoms with E-state index in [1.807, 2.05) is 12.1 Å². The van der Waals surface area contributed by atoms with E-state index in [1.165, 1.54) is 0 Å². The maximum atomic E-state index is 12.6. The molecule has 0 radical (unpaired) electrons. The van der Waals surface area contributed by atoms with Crippen LogP contribution in [0, 0.1) is 0 Å². The molecule has 122 valence electrons. The van der Waals surface area contributed by atoms with Crippen molar-refractivity contribution in [1.82, 2.24) is 9.97 Å². The van der Waals surface area contributed by atoms with Gasteiger partial charge >= 0.3 is 0 Å². The third-order valence-electron chi connectivity index (χ3n) is 4.50. The fourth-order valence-electron chi connectivity index (χ4n) is 3.49. The van der Waals surface area contributed by atoms with Crippen LogP contribution < -0.4 is 16.8 Å². The van der Waals surface area contributed by atoms with Gasteiger partial charge in [-0.1, -0.05) is 23.7 Å². The van der Waals surface area contributed by atoms with Crippen LogP contribution in [0.15, 0.2) is 35.5 Å². The van der Waals surface area contributed by atoms with E-state index in [4.69, 9.17) is 23.1 Å². The third kappa shape index (κ3) is 2.30. The molecule has 1 aliphatic carbocycles. The number of benzene rings is 1. The van der Waals surface area contributed by atoms with Gasteiger partial charge in [-0.05, 0) is 30.5 Å². The Morgan fingerprint density at radius 1 is 1.12 bits per heavy atom. The number of fused-ring (bicyclic) bond motifs is 1. The van der Waals surface area contributed by atoms with Gasteiger partial charge in [0.1, 0.15) is 11.6 Å². The number of nitrogens with zero attached hydrogens (tertiary/aromatic N) is 2. The molecule has 2 aromatic rings. The highest BCUT2D eigenvalue weighted by Gasteiger charge is 2.37. The second kappa shape index (κ2) is 5.49. The Morgan fingerprint density at radius 2 is 1.88 bits per heavy atom. The van der Waals surface area contributed by atoms with Crippen molar-refractivity contribution < 1.29 is 4.79 Å². The van der Waals surface area contributed by atoms with Crippen molar-refractivity contribution >= 4 is 35.0 Å². The molecular formula is C17H16ClN5O. The minimum absolute atomic E-state index is 0.111. The van der Waals surface area contributed by atoms with E-state index in [0.717, 1.165) is 29.7 Å². The number of Topliss-reactive ketones (excluding diaryl/α,β-unsaturated/α-hetero) is 1. The number of aromatic nitrogens is 2. The van der Waals surface area contributed by atoms with Crippen LogP contribution in [-0.4, -0.2) is 15.8 Å². The van der Waals surface area contributed by atoms with E-state index >= 15 is 0 Å². The number of anilines is 3. The molecule has 2 aliphatic rings. The predicted octanol–water partition coefficient (Wildman–Crippen LogP) is 2.86. The van der Waals surface area contributed by atoms with E-state index in [0.29, 0.717) is 22.8 Å². The van der Waals surface area contributed by atoms with Crippen LogP contribution in [0.5, 0.6) is 0 Å². The number of allylic oxidation sites excluding steroid dienone is 2. The molecule has 1 aromatic heterocycles. The van der Waals surface area contributed by atoms with Crippen molar-refractivity contribution in [2.75, 3.05) is 16.8 Å². The van der Waals surface area contributed by atoms with Gasteiger partial charge in [0.15, 0.2) is 5.78 Å².